The summed E-state index contributed by atoms with van der Waals surface area (Å²) in [6, 6.07) is 13.8. The second-order valence-electron chi connectivity index (χ2n) is 8.43. The molecule has 2 aromatic heterocycles. The fourth-order valence-corrected chi connectivity index (χ4v) is 4.49. The zero-order valence-electron chi connectivity index (χ0n) is 21.2. The number of carbonyl (C=O) groups is 1. The number of allylic oxidation sites excluding steroid dienone is 1. The van der Waals surface area contributed by atoms with Gasteiger partial charge < -0.3 is 24.8 Å². The fourth-order valence-electron chi connectivity index (χ4n) is 4.37. The Hall–Kier alpha value is -4.57. The molecule has 4 aromatic rings. The van der Waals surface area contributed by atoms with Crippen LogP contribution in [-0.2, 0) is 4.79 Å². The van der Waals surface area contributed by atoms with Crippen LogP contribution in [0.25, 0.3) is 11.4 Å². The molecule has 0 spiro atoms. The van der Waals surface area contributed by atoms with Gasteiger partial charge in [-0.3, -0.25) is 9.78 Å². The number of carbonyl (C=O) groups excluding carboxylic acids is 1. The molecule has 1 atom stereocenters. The first-order chi connectivity index (χ1) is 18.4. The lowest BCUT2D eigenvalue weighted by atomic mass is 9.95. The SMILES string of the molecule is COc1cc(-c2nc3n(n2)C(c2ccc(Cl)cc2)C(C(=O)Nc2cccnc2)=C(C)N3)cc(OC)c1OC. The number of hydrogen-bond acceptors (Lipinski definition) is 8. The average molecular weight is 533 g/mol. The molecule has 1 aliphatic heterocycles. The molecule has 194 valence electrons. The normalized spacial score (nSPS) is 14.4. The average Bonchev–Trinajstić information content (AvgIpc) is 3.36. The minimum atomic E-state index is -0.580. The zero-order chi connectivity index (χ0) is 26.8. The van der Waals surface area contributed by atoms with E-state index in [0.29, 0.717) is 56.6 Å². The van der Waals surface area contributed by atoms with Crippen LogP contribution in [0.4, 0.5) is 11.6 Å². The monoisotopic (exact) mass is 532 g/mol. The van der Waals surface area contributed by atoms with Crippen molar-refractivity contribution in [2.75, 3.05) is 32.0 Å². The number of anilines is 2. The first-order valence-electron chi connectivity index (χ1n) is 11.6. The number of amides is 1. The third kappa shape index (κ3) is 4.61. The Morgan fingerprint density at radius 1 is 1.05 bits per heavy atom. The van der Waals surface area contributed by atoms with Crippen molar-refractivity contribution in [2.45, 2.75) is 13.0 Å². The third-order valence-electron chi connectivity index (χ3n) is 6.13. The van der Waals surface area contributed by atoms with E-state index in [-0.39, 0.29) is 5.91 Å². The van der Waals surface area contributed by atoms with Crippen LogP contribution in [0, 0.1) is 0 Å². The highest BCUT2D eigenvalue weighted by molar-refractivity contribution is 6.30. The number of aromatic nitrogens is 4. The maximum absolute atomic E-state index is 13.6. The van der Waals surface area contributed by atoms with Crippen molar-refractivity contribution in [1.29, 1.82) is 0 Å². The first-order valence-corrected chi connectivity index (χ1v) is 12.0. The van der Waals surface area contributed by atoms with Gasteiger partial charge in [-0.25, -0.2) is 4.68 Å². The largest absolute Gasteiger partial charge is 0.493 e. The molecular formula is C27H25ClN6O4. The van der Waals surface area contributed by atoms with Crippen LogP contribution >= 0.6 is 11.6 Å². The van der Waals surface area contributed by atoms with Gasteiger partial charge in [-0.15, -0.1) is 5.10 Å². The lowest BCUT2D eigenvalue weighted by Gasteiger charge is -2.28. The fraction of sp³-hybridized carbons (Fsp3) is 0.185. The summed E-state index contributed by atoms with van der Waals surface area (Å²) in [7, 11) is 4.64. The molecule has 0 radical (unpaired) electrons. The number of methoxy groups -OCH3 is 3. The van der Waals surface area contributed by atoms with Crippen molar-refractivity contribution in [3.8, 4) is 28.6 Å². The number of pyridine rings is 1. The summed E-state index contributed by atoms with van der Waals surface area (Å²) >= 11 is 6.17. The van der Waals surface area contributed by atoms with Crippen LogP contribution in [0.5, 0.6) is 17.2 Å². The van der Waals surface area contributed by atoms with E-state index in [1.54, 1.807) is 74.8 Å². The molecule has 1 aliphatic rings. The Bertz CT molecular complexity index is 1490. The molecule has 0 aliphatic carbocycles. The Kier molecular flexibility index (Phi) is 6.89. The molecule has 5 rings (SSSR count). The van der Waals surface area contributed by atoms with Gasteiger partial charge in [-0.2, -0.15) is 4.98 Å². The van der Waals surface area contributed by atoms with Gasteiger partial charge in [0, 0.05) is 22.5 Å². The highest BCUT2D eigenvalue weighted by atomic mass is 35.5. The maximum Gasteiger partial charge on any atom is 0.255 e. The van der Waals surface area contributed by atoms with Crippen LogP contribution in [0.15, 0.2) is 72.2 Å². The van der Waals surface area contributed by atoms with Gasteiger partial charge in [0.05, 0.1) is 38.8 Å². The van der Waals surface area contributed by atoms with Crippen molar-refractivity contribution < 1.29 is 19.0 Å². The van der Waals surface area contributed by atoms with Crippen molar-refractivity contribution >= 4 is 29.1 Å². The Morgan fingerprint density at radius 2 is 1.76 bits per heavy atom. The molecule has 2 N–H and O–H groups in total. The second kappa shape index (κ2) is 10.4. The molecule has 3 heterocycles. The summed E-state index contributed by atoms with van der Waals surface area (Å²) in [5.41, 5.74) is 3.16. The van der Waals surface area contributed by atoms with E-state index in [4.69, 9.17) is 35.9 Å². The zero-order valence-corrected chi connectivity index (χ0v) is 21.9. The van der Waals surface area contributed by atoms with Crippen molar-refractivity contribution in [2.24, 2.45) is 0 Å². The molecule has 0 saturated carbocycles. The van der Waals surface area contributed by atoms with Crippen LogP contribution in [0.3, 0.4) is 0 Å². The van der Waals surface area contributed by atoms with Gasteiger partial charge in [0.25, 0.3) is 5.91 Å². The number of hydrogen-bond donors (Lipinski definition) is 2. The highest BCUT2D eigenvalue weighted by Gasteiger charge is 2.34. The topological polar surface area (TPSA) is 112 Å². The Labute approximate surface area is 224 Å². The number of nitrogens with one attached hydrogen (secondary N) is 2. The molecule has 11 heteroatoms. The summed E-state index contributed by atoms with van der Waals surface area (Å²) in [5, 5.41) is 11.6. The summed E-state index contributed by atoms with van der Waals surface area (Å²) in [5.74, 6) is 2.01. The Morgan fingerprint density at radius 3 is 2.37 bits per heavy atom. The van der Waals surface area contributed by atoms with Crippen molar-refractivity contribution in [3.05, 3.63) is 82.8 Å². The quantitative estimate of drug-likeness (QED) is 0.344. The van der Waals surface area contributed by atoms with Gasteiger partial charge in [-0.05, 0) is 48.9 Å². The minimum absolute atomic E-state index is 0.293. The predicted octanol–water partition coefficient (Wildman–Crippen LogP) is 4.95. The first kappa shape index (κ1) is 25.1. The summed E-state index contributed by atoms with van der Waals surface area (Å²) in [4.78, 5) is 22.4. The van der Waals surface area contributed by atoms with E-state index in [2.05, 4.69) is 15.6 Å². The lowest BCUT2D eigenvalue weighted by molar-refractivity contribution is -0.113. The smallest absolute Gasteiger partial charge is 0.255 e. The van der Waals surface area contributed by atoms with E-state index < -0.39 is 6.04 Å². The molecule has 0 saturated heterocycles. The number of ether oxygens (including phenoxy) is 3. The van der Waals surface area contributed by atoms with Crippen LogP contribution < -0.4 is 24.8 Å². The van der Waals surface area contributed by atoms with Crippen molar-refractivity contribution in [3.63, 3.8) is 0 Å². The number of nitrogens with zero attached hydrogens (tertiary/aromatic N) is 4. The number of rotatable bonds is 7. The van der Waals surface area contributed by atoms with E-state index in [0.717, 1.165) is 5.56 Å². The van der Waals surface area contributed by atoms with E-state index >= 15 is 0 Å². The standard InChI is InChI=1S/C27H25ClN6O4/c1-15-22(26(35)31-19-6-5-11-29-14-19)23(16-7-9-18(28)10-8-16)34-27(30-15)32-25(33-34)17-12-20(36-2)24(38-4)21(13-17)37-3/h5-14,23H,1-4H3,(H,31,35)(H,30,32,33). The summed E-state index contributed by atoms with van der Waals surface area (Å²) in [6.07, 6.45) is 3.23. The van der Waals surface area contributed by atoms with E-state index in [9.17, 15) is 4.79 Å². The van der Waals surface area contributed by atoms with Gasteiger partial charge >= 0.3 is 0 Å². The van der Waals surface area contributed by atoms with Crippen molar-refractivity contribution in [1.82, 2.24) is 19.7 Å². The number of fused-ring (bicyclic) bond motifs is 1. The second-order valence-corrected chi connectivity index (χ2v) is 8.87. The molecular weight excluding hydrogens is 508 g/mol. The molecule has 2 aromatic carbocycles. The number of halogens is 1. The van der Waals surface area contributed by atoms with Gasteiger partial charge in [-0.1, -0.05) is 23.7 Å². The summed E-state index contributed by atoms with van der Waals surface area (Å²) in [6.45, 7) is 1.83. The molecule has 38 heavy (non-hydrogen) atoms. The lowest BCUT2D eigenvalue weighted by Crippen LogP contribution is -2.31. The van der Waals surface area contributed by atoms with Gasteiger partial charge in [0.1, 0.15) is 6.04 Å². The van der Waals surface area contributed by atoms with Crippen LogP contribution in [-0.4, -0.2) is 47.0 Å². The predicted molar refractivity (Wildman–Crippen MR) is 144 cm³/mol. The highest BCUT2D eigenvalue weighted by Crippen LogP contribution is 2.42. The van der Waals surface area contributed by atoms with Gasteiger partial charge in [0.15, 0.2) is 17.3 Å². The molecule has 10 nitrogen and oxygen atoms in total. The van der Waals surface area contributed by atoms with Crippen LogP contribution in [0.1, 0.15) is 18.5 Å². The molecule has 1 unspecified atom stereocenters. The van der Waals surface area contributed by atoms with E-state index in [1.807, 2.05) is 19.1 Å². The van der Waals surface area contributed by atoms with Crippen LogP contribution in [0.2, 0.25) is 5.02 Å². The third-order valence-corrected chi connectivity index (χ3v) is 6.38. The van der Waals surface area contributed by atoms with Gasteiger partial charge in [0.2, 0.25) is 11.7 Å². The summed E-state index contributed by atoms with van der Waals surface area (Å²) < 4.78 is 18.1. The Balaban J connectivity index is 1.62. The van der Waals surface area contributed by atoms with E-state index in [1.165, 1.54) is 0 Å². The minimum Gasteiger partial charge on any atom is -0.493 e. The molecule has 0 bridgehead atoms. The molecule has 1 amide bonds. The number of benzene rings is 2. The maximum atomic E-state index is 13.6. The molecule has 0 fully saturated rings.